The molecule has 31 heteroatoms. The number of pyridine rings is 4. The van der Waals surface area contributed by atoms with E-state index in [9.17, 15) is 19.2 Å². The van der Waals surface area contributed by atoms with Crippen LogP contribution in [0.2, 0.25) is 0 Å². The van der Waals surface area contributed by atoms with E-state index in [1.165, 1.54) is 57.9 Å². The van der Waals surface area contributed by atoms with Crippen LogP contribution in [0.3, 0.4) is 0 Å². The monoisotopic (exact) mass is 1820 g/mol. The number of fused-ring (bicyclic) bond motifs is 4. The van der Waals surface area contributed by atoms with Gasteiger partial charge >= 0.3 is 18.3 Å². The molecule has 134 heavy (non-hydrogen) atoms. The third-order valence-electron chi connectivity index (χ3n) is 23.1. The number of rotatable bonds is 34. The van der Waals surface area contributed by atoms with E-state index in [-0.39, 0.29) is 30.4 Å². The van der Waals surface area contributed by atoms with Crippen molar-refractivity contribution in [1.82, 2.24) is 116 Å². The zero-order valence-corrected chi connectivity index (χ0v) is 79.5. The summed E-state index contributed by atoms with van der Waals surface area (Å²) in [4.78, 5) is 72.0. The summed E-state index contributed by atoms with van der Waals surface area (Å²) in [6.07, 6.45) is 36.1. The van der Waals surface area contributed by atoms with E-state index in [2.05, 4.69) is 106 Å². The van der Waals surface area contributed by atoms with E-state index in [1.54, 1.807) is 10.9 Å². The number of ether oxygens (including phenoxy) is 3. The van der Waals surface area contributed by atoms with Crippen molar-refractivity contribution >= 4 is 24.6 Å². The first kappa shape index (κ1) is 100. The van der Waals surface area contributed by atoms with Crippen molar-refractivity contribution in [3.05, 3.63) is 287 Å². The molecule has 0 bridgehead atoms. The van der Waals surface area contributed by atoms with Crippen molar-refractivity contribution < 1.29 is 33.4 Å². The summed E-state index contributed by atoms with van der Waals surface area (Å²) in [5, 5.41) is 46.0. The fourth-order valence-electron chi connectivity index (χ4n) is 16.9. The molecule has 4 aliphatic rings. The topological polar surface area (TPSA) is 354 Å². The van der Waals surface area contributed by atoms with Crippen molar-refractivity contribution in [3.8, 4) is 22.7 Å². The molecule has 31 nitrogen and oxygen atoms in total. The Labute approximate surface area is 789 Å². The van der Waals surface area contributed by atoms with Crippen molar-refractivity contribution in [2.45, 2.75) is 251 Å². The smallest absolute Gasteiger partial charge is 0.407 e. The average molecular weight is 1820 g/mol. The Morgan fingerprint density at radius 1 is 0.373 bits per heavy atom. The van der Waals surface area contributed by atoms with Crippen LogP contribution in [0.5, 0.6) is 0 Å². The highest BCUT2D eigenvalue weighted by Crippen LogP contribution is 2.38. The second-order valence-electron chi connectivity index (χ2n) is 37.1. The highest BCUT2D eigenvalue weighted by molar-refractivity contribution is 5.71. The molecule has 4 unspecified atom stereocenters. The maximum absolute atomic E-state index is 11.9. The van der Waals surface area contributed by atoms with Crippen LogP contribution >= 0.6 is 0 Å². The molecule has 12 aromatic rings. The van der Waals surface area contributed by atoms with E-state index in [4.69, 9.17) is 34.9 Å². The van der Waals surface area contributed by atoms with Crippen LogP contribution in [0.4, 0.5) is 14.4 Å². The van der Waals surface area contributed by atoms with E-state index in [0.717, 1.165) is 195 Å². The highest BCUT2D eigenvalue weighted by atomic mass is 16.6. The first-order chi connectivity index (χ1) is 65.0. The molecule has 4 atom stereocenters. The molecule has 0 aliphatic heterocycles. The Bertz CT molecular complexity index is 5330. The van der Waals surface area contributed by atoms with Crippen LogP contribution in [0.25, 0.3) is 22.7 Å². The molecule has 4 aliphatic carbocycles. The number of alkyl carbamates (subject to hydrolysis) is 3. The van der Waals surface area contributed by atoms with Crippen LogP contribution in [0.15, 0.2) is 219 Å². The third kappa shape index (κ3) is 32.6. The molecule has 0 spiro atoms. The molecule has 8 heterocycles. The first-order valence-corrected chi connectivity index (χ1v) is 47.6. The fraction of sp³-hybridized carbons (Fsp3) is 0.456. The summed E-state index contributed by atoms with van der Waals surface area (Å²) in [5.74, 6) is 0. The van der Waals surface area contributed by atoms with Crippen LogP contribution in [-0.4, -0.2) is 188 Å². The Hall–Kier alpha value is -12.7. The second kappa shape index (κ2) is 51.5. The highest BCUT2D eigenvalue weighted by Gasteiger charge is 2.32. The van der Waals surface area contributed by atoms with Crippen molar-refractivity contribution in [3.63, 3.8) is 0 Å². The number of nitrogens with zero attached hydrogens (tertiary/aromatic N) is 19. The van der Waals surface area contributed by atoms with Crippen LogP contribution in [0, 0.1) is 0 Å². The Morgan fingerprint density at radius 2 is 0.672 bits per heavy atom. The van der Waals surface area contributed by atoms with Gasteiger partial charge in [0.15, 0.2) is 6.29 Å². The summed E-state index contributed by atoms with van der Waals surface area (Å²) < 4.78 is 22.9. The number of hydrogen-bond acceptors (Lipinski definition) is 24. The normalized spacial score (nSPS) is 15.5. The Balaban J connectivity index is 0.000000155. The van der Waals surface area contributed by atoms with Gasteiger partial charge in [-0.25, -0.2) is 33.1 Å². The van der Waals surface area contributed by atoms with E-state index >= 15 is 0 Å². The standard InChI is InChI=1S/2C27H36N6O2.C22H28N6.C18H29N3O2.C9H7N3O/c2*1-27(2,3)35-26(34)29-16-7-8-18-32(24-15-9-11-21-12-10-17-28-25(21)24)19-22-20-33(31-30-22)23-13-5-4-6-14-23;23-13-4-5-15-27(21-12-6-8-18-9-7-14-24-22(18)21)16-19-17-28(26-25-19)20-10-2-1-3-11-20;1-18(2,3)23-17(22)21-12-5-4-11-19-15-10-6-8-14-9-7-13-20-16(14)15;13-7-8-6-12(11-10-8)9-4-2-1-3-5-9/h2*4-6,10,12-14,17,20,24H,7-9,11,15-16,18-19H2,1-3H3,(H,29,34);1-3,7,9-11,14,17,21H,4-6,8,12-13,15-16,23H2;7,9,13,15,19H,4-6,8,10-12H2,1-3H3,(H,21,22);1-7H. The Kier molecular flexibility index (Phi) is 38.6. The second-order valence-corrected chi connectivity index (χ2v) is 37.1. The number of aldehydes is 1. The molecular weight excluding hydrogens is 1690 g/mol. The molecular formula is C103H136N24O7. The minimum Gasteiger partial charge on any atom is -0.444 e. The summed E-state index contributed by atoms with van der Waals surface area (Å²) in [6.45, 7) is 25.3. The SMILES string of the molecule is CC(C)(C)OC(=O)NCCCCN(Cc1cn(-c2ccccc2)nn1)C1CCCc2cccnc21.CC(C)(C)OC(=O)NCCCCN(Cc1cn(-c2ccccc2)nn1)C1CCCc2cccnc21.CC(C)(C)OC(=O)NCCCCNC1CCCc2cccnc21.NCCCCN(Cc1cn(-c2ccccc2)nn1)C1CCCc2cccnc21.O=Cc1cn(-c2ccccc2)nn1. The quantitative estimate of drug-likeness (QED) is 0.0142. The van der Waals surface area contributed by atoms with E-state index in [1.807, 2.05) is 265 Å². The number of carbonyl (C=O) groups excluding carboxylic acids is 4. The van der Waals surface area contributed by atoms with Gasteiger partial charge in [0.1, 0.15) is 22.5 Å². The number of unbranched alkanes of at least 4 members (excludes halogenated alkanes) is 4. The van der Waals surface area contributed by atoms with Gasteiger partial charge in [-0.3, -0.25) is 39.4 Å². The number of hydrogen-bond donors (Lipinski definition) is 5. The maximum Gasteiger partial charge on any atom is 0.407 e. The van der Waals surface area contributed by atoms with E-state index < -0.39 is 16.8 Å². The zero-order valence-electron chi connectivity index (χ0n) is 79.5. The lowest BCUT2D eigenvalue weighted by Gasteiger charge is -2.34. The molecule has 0 saturated heterocycles. The van der Waals surface area contributed by atoms with E-state index in [0.29, 0.717) is 56.8 Å². The molecule has 4 aromatic carbocycles. The summed E-state index contributed by atoms with van der Waals surface area (Å²) in [5.41, 5.74) is 21.7. The van der Waals surface area contributed by atoms with Gasteiger partial charge in [0.2, 0.25) is 0 Å². The first-order valence-electron chi connectivity index (χ1n) is 47.6. The lowest BCUT2D eigenvalue weighted by molar-refractivity contribution is 0.0514. The van der Waals surface area contributed by atoms with Gasteiger partial charge in [-0.15, -0.1) is 20.4 Å². The van der Waals surface area contributed by atoms with Gasteiger partial charge in [0, 0.05) is 70.1 Å². The average Bonchev–Trinajstić information content (AvgIpc) is 1.25. The van der Waals surface area contributed by atoms with Gasteiger partial charge in [0.25, 0.3) is 0 Å². The number of benzene rings is 4. The zero-order chi connectivity index (χ0) is 94.3. The number of nitrogens with two attached hydrogens (primary N) is 1. The minimum atomic E-state index is -0.487. The van der Waals surface area contributed by atoms with Crippen LogP contribution < -0.4 is 27.0 Å². The van der Waals surface area contributed by atoms with Crippen LogP contribution in [0.1, 0.15) is 262 Å². The third-order valence-corrected chi connectivity index (χ3v) is 23.1. The number of para-hydroxylation sites is 4. The lowest BCUT2D eigenvalue weighted by atomic mass is 9.90. The van der Waals surface area contributed by atoms with Gasteiger partial charge in [0.05, 0.1) is 106 Å². The number of aryl methyl sites for hydroxylation is 4. The molecule has 710 valence electrons. The lowest BCUT2D eigenvalue weighted by Crippen LogP contribution is -2.34. The van der Waals surface area contributed by atoms with Crippen molar-refractivity contribution in [1.29, 1.82) is 0 Å². The molecule has 0 radical (unpaired) electrons. The number of amides is 3. The Morgan fingerprint density at radius 3 is 1.00 bits per heavy atom. The van der Waals surface area contributed by atoms with Gasteiger partial charge in [-0.1, -0.05) is 118 Å². The molecule has 0 saturated carbocycles. The molecule has 3 amide bonds. The predicted octanol–water partition coefficient (Wildman–Crippen LogP) is 17.4. The van der Waals surface area contributed by atoms with Crippen LogP contribution in [-0.2, 0) is 59.5 Å². The predicted molar refractivity (Wildman–Crippen MR) is 518 cm³/mol. The fourth-order valence-corrected chi connectivity index (χ4v) is 16.9. The summed E-state index contributed by atoms with van der Waals surface area (Å²) in [7, 11) is 0. The maximum atomic E-state index is 11.9. The number of carbonyl (C=O) groups is 4. The van der Waals surface area contributed by atoms with Gasteiger partial charge in [-0.05, 0) is 319 Å². The van der Waals surface area contributed by atoms with Crippen molar-refractivity contribution in [2.75, 3.05) is 52.4 Å². The molecule has 16 rings (SSSR count). The number of aromatic nitrogens is 16. The molecule has 6 N–H and O–H groups in total. The van der Waals surface area contributed by atoms with Gasteiger partial charge in [-0.2, -0.15) is 0 Å². The molecule has 0 fully saturated rings. The largest absolute Gasteiger partial charge is 0.444 e. The summed E-state index contributed by atoms with van der Waals surface area (Å²) >= 11 is 0. The van der Waals surface area contributed by atoms with Gasteiger partial charge < -0.3 is 41.2 Å². The van der Waals surface area contributed by atoms with Crippen molar-refractivity contribution in [2.24, 2.45) is 5.73 Å². The summed E-state index contributed by atoms with van der Waals surface area (Å²) in [6, 6.07) is 57.8. The molecule has 8 aromatic heterocycles. The minimum absolute atomic E-state index is 0.251. The number of nitrogens with one attached hydrogen (secondary N) is 4.